The van der Waals surface area contributed by atoms with Crippen LogP contribution in [0.15, 0.2) is 12.4 Å². The van der Waals surface area contributed by atoms with E-state index in [1.165, 1.54) is 0 Å². The maximum atomic E-state index is 5.33. The zero-order chi connectivity index (χ0) is 11.0. The number of hydrogen-bond acceptors (Lipinski definition) is 5. The highest BCUT2D eigenvalue weighted by Crippen LogP contribution is 2.18. The fourth-order valence-corrected chi connectivity index (χ4v) is 1.94. The van der Waals surface area contributed by atoms with Crippen LogP contribution in [0.2, 0.25) is 0 Å². The lowest BCUT2D eigenvalue weighted by molar-refractivity contribution is 0.122. The standard InChI is InChI=1S/C10H13N5O/c1-8-6-9-12-11-7-15(9)13-10(8)14-2-4-16-5-3-14/h6-7H,2-5H2,1H3. The Hall–Kier alpha value is -1.69. The molecule has 2 aromatic rings. The molecule has 6 nitrogen and oxygen atoms in total. The van der Waals surface area contributed by atoms with Gasteiger partial charge in [-0.3, -0.25) is 0 Å². The molecule has 1 aliphatic heterocycles. The molecular formula is C10H13N5O. The molecule has 16 heavy (non-hydrogen) atoms. The van der Waals surface area contributed by atoms with Gasteiger partial charge in [0.1, 0.15) is 6.33 Å². The number of morpholine rings is 1. The van der Waals surface area contributed by atoms with Crippen molar-refractivity contribution in [3.05, 3.63) is 18.0 Å². The van der Waals surface area contributed by atoms with Crippen molar-refractivity contribution in [2.45, 2.75) is 6.92 Å². The zero-order valence-corrected chi connectivity index (χ0v) is 9.13. The van der Waals surface area contributed by atoms with Gasteiger partial charge in [-0.25, -0.2) is 0 Å². The summed E-state index contributed by atoms with van der Waals surface area (Å²) in [5.74, 6) is 0.996. The van der Waals surface area contributed by atoms with Crippen LogP contribution in [0.3, 0.4) is 0 Å². The van der Waals surface area contributed by atoms with Crippen LogP contribution in [0.5, 0.6) is 0 Å². The molecule has 1 fully saturated rings. The third-order valence-corrected chi connectivity index (χ3v) is 2.77. The second kappa shape index (κ2) is 3.71. The van der Waals surface area contributed by atoms with Crippen LogP contribution in [0, 0.1) is 6.92 Å². The van der Waals surface area contributed by atoms with Gasteiger partial charge < -0.3 is 9.64 Å². The van der Waals surface area contributed by atoms with Crippen LogP contribution in [0.25, 0.3) is 5.65 Å². The van der Waals surface area contributed by atoms with E-state index in [0.717, 1.165) is 43.3 Å². The number of nitrogens with zero attached hydrogens (tertiary/aromatic N) is 5. The summed E-state index contributed by atoms with van der Waals surface area (Å²) in [4.78, 5) is 2.23. The molecule has 0 aliphatic carbocycles. The first kappa shape index (κ1) is 9.53. The predicted molar refractivity (Wildman–Crippen MR) is 58.6 cm³/mol. The number of anilines is 1. The van der Waals surface area contributed by atoms with E-state index in [2.05, 4.69) is 20.2 Å². The molecular weight excluding hydrogens is 206 g/mol. The minimum Gasteiger partial charge on any atom is -0.378 e. The Balaban J connectivity index is 2.03. The van der Waals surface area contributed by atoms with Crippen LogP contribution in [-0.4, -0.2) is 46.1 Å². The van der Waals surface area contributed by atoms with E-state index in [1.807, 2.05) is 13.0 Å². The zero-order valence-electron chi connectivity index (χ0n) is 9.13. The van der Waals surface area contributed by atoms with Crippen molar-refractivity contribution in [1.82, 2.24) is 19.8 Å². The van der Waals surface area contributed by atoms with Crippen LogP contribution in [0.4, 0.5) is 5.82 Å². The van der Waals surface area contributed by atoms with Gasteiger partial charge in [-0.1, -0.05) is 0 Å². The second-order valence-corrected chi connectivity index (χ2v) is 3.88. The van der Waals surface area contributed by atoms with E-state index in [-0.39, 0.29) is 0 Å². The van der Waals surface area contributed by atoms with Crippen molar-refractivity contribution in [2.75, 3.05) is 31.2 Å². The highest BCUT2D eigenvalue weighted by molar-refractivity contribution is 5.52. The van der Waals surface area contributed by atoms with Gasteiger partial charge >= 0.3 is 0 Å². The Morgan fingerprint density at radius 1 is 1.31 bits per heavy atom. The summed E-state index contributed by atoms with van der Waals surface area (Å²) in [5.41, 5.74) is 1.91. The molecule has 3 heterocycles. The first-order valence-electron chi connectivity index (χ1n) is 5.35. The lowest BCUT2D eigenvalue weighted by Crippen LogP contribution is -2.37. The topological polar surface area (TPSA) is 55.5 Å². The van der Waals surface area contributed by atoms with Crippen molar-refractivity contribution in [2.24, 2.45) is 0 Å². The third kappa shape index (κ3) is 1.51. The minimum atomic E-state index is 0.765. The first-order chi connectivity index (χ1) is 7.84. The van der Waals surface area contributed by atoms with E-state index in [9.17, 15) is 0 Å². The Morgan fingerprint density at radius 2 is 2.12 bits per heavy atom. The minimum absolute atomic E-state index is 0.765. The SMILES string of the molecule is Cc1cc2nncn2nc1N1CCOCC1. The van der Waals surface area contributed by atoms with Crippen LogP contribution < -0.4 is 4.90 Å². The highest BCUT2D eigenvalue weighted by Gasteiger charge is 2.15. The largest absolute Gasteiger partial charge is 0.378 e. The fraction of sp³-hybridized carbons (Fsp3) is 0.500. The maximum absolute atomic E-state index is 5.33. The highest BCUT2D eigenvalue weighted by atomic mass is 16.5. The predicted octanol–water partition coefficient (Wildman–Crippen LogP) is 0.269. The van der Waals surface area contributed by atoms with Gasteiger partial charge in [0.05, 0.1) is 13.2 Å². The molecule has 3 rings (SSSR count). The molecule has 0 spiro atoms. The molecule has 84 valence electrons. The summed E-state index contributed by atoms with van der Waals surface area (Å²) in [7, 11) is 0. The van der Waals surface area contributed by atoms with Crippen LogP contribution in [0.1, 0.15) is 5.56 Å². The second-order valence-electron chi connectivity index (χ2n) is 3.88. The maximum Gasteiger partial charge on any atom is 0.177 e. The van der Waals surface area contributed by atoms with Crippen molar-refractivity contribution >= 4 is 11.5 Å². The van der Waals surface area contributed by atoms with Gasteiger partial charge in [0.2, 0.25) is 0 Å². The fourth-order valence-electron chi connectivity index (χ4n) is 1.94. The summed E-state index contributed by atoms with van der Waals surface area (Å²) in [6.45, 7) is 5.36. The van der Waals surface area contributed by atoms with Crippen molar-refractivity contribution in [3.8, 4) is 0 Å². The van der Waals surface area contributed by atoms with Crippen LogP contribution >= 0.6 is 0 Å². The summed E-state index contributed by atoms with van der Waals surface area (Å²) in [6, 6.07) is 2.00. The molecule has 2 aromatic heterocycles. The summed E-state index contributed by atoms with van der Waals surface area (Å²) < 4.78 is 7.04. The molecule has 0 saturated carbocycles. The molecule has 0 N–H and O–H groups in total. The van der Waals surface area contributed by atoms with Gasteiger partial charge in [-0.15, -0.1) is 15.3 Å². The molecule has 6 heteroatoms. The Kier molecular flexibility index (Phi) is 2.21. The van der Waals surface area contributed by atoms with Gasteiger partial charge in [0.15, 0.2) is 11.5 Å². The summed E-state index contributed by atoms with van der Waals surface area (Å²) in [6.07, 6.45) is 1.62. The lowest BCUT2D eigenvalue weighted by atomic mass is 10.3. The third-order valence-electron chi connectivity index (χ3n) is 2.77. The molecule has 0 unspecified atom stereocenters. The summed E-state index contributed by atoms with van der Waals surface area (Å²) >= 11 is 0. The molecule has 0 amide bonds. The average Bonchev–Trinajstić information content (AvgIpc) is 2.76. The number of fused-ring (bicyclic) bond motifs is 1. The van der Waals surface area contributed by atoms with E-state index in [4.69, 9.17) is 4.74 Å². The number of rotatable bonds is 1. The number of ether oxygens (including phenoxy) is 1. The number of aryl methyl sites for hydroxylation is 1. The first-order valence-corrected chi connectivity index (χ1v) is 5.35. The van der Waals surface area contributed by atoms with Gasteiger partial charge in [0.25, 0.3) is 0 Å². The Labute approximate surface area is 92.8 Å². The van der Waals surface area contributed by atoms with E-state index >= 15 is 0 Å². The molecule has 0 bridgehead atoms. The molecule has 0 atom stereocenters. The average molecular weight is 219 g/mol. The van der Waals surface area contributed by atoms with E-state index in [0.29, 0.717) is 0 Å². The van der Waals surface area contributed by atoms with Gasteiger partial charge in [0, 0.05) is 13.1 Å². The van der Waals surface area contributed by atoms with Gasteiger partial charge in [-0.05, 0) is 18.6 Å². The Morgan fingerprint density at radius 3 is 2.94 bits per heavy atom. The van der Waals surface area contributed by atoms with Crippen molar-refractivity contribution in [3.63, 3.8) is 0 Å². The normalized spacial score (nSPS) is 16.9. The van der Waals surface area contributed by atoms with Crippen LogP contribution in [-0.2, 0) is 4.74 Å². The molecule has 0 radical (unpaired) electrons. The van der Waals surface area contributed by atoms with Gasteiger partial charge in [-0.2, -0.15) is 4.52 Å². The van der Waals surface area contributed by atoms with Crippen molar-refractivity contribution in [1.29, 1.82) is 0 Å². The number of aromatic nitrogens is 4. The monoisotopic (exact) mass is 219 g/mol. The van der Waals surface area contributed by atoms with Crippen molar-refractivity contribution < 1.29 is 4.74 Å². The smallest absolute Gasteiger partial charge is 0.177 e. The summed E-state index contributed by atoms with van der Waals surface area (Å²) in [5, 5.41) is 12.3. The number of hydrogen-bond donors (Lipinski definition) is 0. The molecule has 0 aromatic carbocycles. The molecule has 1 saturated heterocycles. The Bertz CT molecular complexity index is 503. The lowest BCUT2D eigenvalue weighted by Gasteiger charge is -2.28. The molecule has 1 aliphatic rings. The quantitative estimate of drug-likeness (QED) is 0.689. The van der Waals surface area contributed by atoms with E-state index in [1.54, 1.807) is 10.8 Å². The van der Waals surface area contributed by atoms with E-state index < -0.39 is 0 Å².